The van der Waals surface area contributed by atoms with Gasteiger partial charge in [0.25, 0.3) is 0 Å². The van der Waals surface area contributed by atoms with E-state index in [0.29, 0.717) is 0 Å². The van der Waals surface area contributed by atoms with Gasteiger partial charge in [-0.25, -0.2) is 0 Å². The summed E-state index contributed by atoms with van der Waals surface area (Å²) in [5, 5.41) is 0. The molecule has 2 fully saturated rings. The van der Waals surface area contributed by atoms with E-state index in [4.69, 9.17) is 0 Å². The van der Waals surface area contributed by atoms with Gasteiger partial charge in [-0.1, -0.05) is 27.7 Å². The molecule has 0 aromatic heterocycles. The molecule has 138 valence electrons. The Morgan fingerprint density at radius 3 is 1.00 bits per heavy atom. The maximum atomic E-state index is 12.5. The van der Waals surface area contributed by atoms with Crippen molar-refractivity contribution in [3.63, 3.8) is 0 Å². The molecule has 1 aromatic carbocycles. The summed E-state index contributed by atoms with van der Waals surface area (Å²) in [4.78, 5) is 74.4. The third-order valence-corrected chi connectivity index (χ3v) is 5.46. The van der Waals surface area contributed by atoms with Crippen molar-refractivity contribution in [2.45, 2.75) is 65.2 Å². The molecule has 3 rings (SSSR count). The van der Waals surface area contributed by atoms with Gasteiger partial charge in [-0.05, 0) is 10.8 Å². The first kappa shape index (κ1) is 18.5. The fourth-order valence-corrected chi connectivity index (χ4v) is 4.42. The van der Waals surface area contributed by atoms with Gasteiger partial charge in [0, 0.05) is 36.8 Å². The van der Waals surface area contributed by atoms with E-state index in [1.54, 1.807) is 27.7 Å². The van der Waals surface area contributed by atoms with Gasteiger partial charge in [0.2, 0.25) is 10.9 Å². The van der Waals surface area contributed by atoms with Crippen LogP contribution < -0.4 is 10.9 Å². The van der Waals surface area contributed by atoms with Gasteiger partial charge in [-0.15, -0.1) is 0 Å². The Hall–Kier alpha value is -2.24. The van der Waals surface area contributed by atoms with Crippen molar-refractivity contribution >= 4 is 23.1 Å². The normalized spacial score (nSPS) is 24.5. The monoisotopic (exact) mass is 358 g/mol. The minimum absolute atomic E-state index is 0.112. The summed E-state index contributed by atoms with van der Waals surface area (Å²) in [5.74, 6) is -4.30. The molecule has 0 atom stereocenters. The summed E-state index contributed by atoms with van der Waals surface area (Å²) < 4.78 is 0. The van der Waals surface area contributed by atoms with Crippen LogP contribution in [0, 0.1) is 10.8 Å². The molecule has 2 aliphatic carbocycles. The van der Waals surface area contributed by atoms with Crippen molar-refractivity contribution in [1.82, 2.24) is 0 Å². The van der Waals surface area contributed by atoms with Gasteiger partial charge in [-0.3, -0.25) is 28.8 Å². The lowest BCUT2D eigenvalue weighted by Gasteiger charge is -2.36. The number of hydrogen-bond acceptors (Lipinski definition) is 6. The van der Waals surface area contributed by atoms with Crippen LogP contribution in [0.25, 0.3) is 0 Å². The van der Waals surface area contributed by atoms with Crippen molar-refractivity contribution in [3.8, 4) is 0 Å². The van der Waals surface area contributed by atoms with Gasteiger partial charge in [0.15, 0.2) is 0 Å². The van der Waals surface area contributed by atoms with E-state index in [-0.39, 0.29) is 36.8 Å². The molecule has 2 saturated carbocycles. The maximum absolute atomic E-state index is 12.5. The fourth-order valence-electron chi connectivity index (χ4n) is 4.42. The van der Waals surface area contributed by atoms with E-state index in [9.17, 15) is 28.8 Å². The van der Waals surface area contributed by atoms with E-state index in [1.165, 1.54) is 0 Å². The Morgan fingerprint density at radius 2 is 0.769 bits per heavy atom. The molecule has 6 heteroatoms. The van der Waals surface area contributed by atoms with Crippen LogP contribution in [0.1, 0.15) is 76.3 Å². The first-order valence-corrected chi connectivity index (χ1v) is 8.79. The number of carbonyl (C=O) groups excluding carboxylic acids is 4. The number of rotatable bonds is 2. The molecule has 0 N–H and O–H groups in total. The zero-order valence-corrected chi connectivity index (χ0v) is 15.4. The molecular formula is C20H22O6. The van der Waals surface area contributed by atoms with Gasteiger partial charge in [0.05, 0.1) is 0 Å². The lowest BCUT2D eigenvalue weighted by molar-refractivity contribution is -0.138. The topological polar surface area (TPSA) is 102 Å². The van der Waals surface area contributed by atoms with Crippen LogP contribution >= 0.6 is 0 Å². The molecule has 0 amide bonds. The van der Waals surface area contributed by atoms with Gasteiger partial charge in [-0.2, -0.15) is 0 Å². The molecule has 6 nitrogen and oxygen atoms in total. The highest BCUT2D eigenvalue weighted by Crippen LogP contribution is 2.42. The lowest BCUT2D eigenvalue weighted by atomic mass is 9.64. The van der Waals surface area contributed by atoms with Crippen molar-refractivity contribution in [2.75, 3.05) is 0 Å². The van der Waals surface area contributed by atoms with Crippen LogP contribution in [-0.4, -0.2) is 23.1 Å². The lowest BCUT2D eigenvalue weighted by Crippen LogP contribution is -2.51. The molecule has 0 saturated heterocycles. The maximum Gasteiger partial charge on any atom is 0.230 e. The summed E-state index contributed by atoms with van der Waals surface area (Å²) in [6, 6.07) is 0. The Morgan fingerprint density at radius 1 is 0.538 bits per heavy atom. The average molecular weight is 358 g/mol. The first-order valence-electron chi connectivity index (χ1n) is 8.79. The van der Waals surface area contributed by atoms with E-state index < -0.39 is 56.7 Å². The largest absolute Gasteiger partial charge is 0.298 e. The molecule has 2 aliphatic rings. The Labute approximate surface area is 150 Å². The summed E-state index contributed by atoms with van der Waals surface area (Å²) in [7, 11) is 0. The van der Waals surface area contributed by atoms with E-state index in [2.05, 4.69) is 0 Å². The van der Waals surface area contributed by atoms with Gasteiger partial charge >= 0.3 is 0 Å². The molecular weight excluding hydrogens is 336 g/mol. The van der Waals surface area contributed by atoms with Gasteiger partial charge < -0.3 is 0 Å². The van der Waals surface area contributed by atoms with E-state index >= 15 is 0 Å². The Bertz CT molecular complexity index is 807. The van der Waals surface area contributed by atoms with Crippen LogP contribution in [0.15, 0.2) is 9.59 Å². The number of carbonyl (C=O) groups is 4. The third-order valence-electron chi connectivity index (χ3n) is 5.46. The van der Waals surface area contributed by atoms with Gasteiger partial charge in [0.1, 0.15) is 35.0 Å². The second-order valence-electron chi connectivity index (χ2n) is 9.25. The highest BCUT2D eigenvalue weighted by molar-refractivity contribution is 6.13. The predicted octanol–water partition coefficient (Wildman–Crippen LogP) is 1.37. The SMILES string of the molecule is CC1(C)CC(=O)C(c2c(C3C(=O)CC(C)(C)CC3=O)c(=O)c2=O)C(=O)C1. The Kier molecular flexibility index (Phi) is 4.01. The second kappa shape index (κ2) is 5.63. The van der Waals surface area contributed by atoms with Crippen molar-refractivity contribution in [1.29, 1.82) is 0 Å². The molecule has 0 radical (unpaired) electrons. The predicted molar refractivity (Wildman–Crippen MR) is 92.9 cm³/mol. The summed E-state index contributed by atoms with van der Waals surface area (Å²) in [6.07, 6.45) is 0.449. The quantitative estimate of drug-likeness (QED) is 0.584. The van der Waals surface area contributed by atoms with Crippen LogP contribution in [0.4, 0.5) is 0 Å². The van der Waals surface area contributed by atoms with E-state index in [1.807, 2.05) is 0 Å². The molecule has 0 unspecified atom stereocenters. The molecule has 1 aromatic rings. The zero-order valence-electron chi connectivity index (χ0n) is 15.4. The van der Waals surface area contributed by atoms with Crippen LogP contribution in [-0.2, 0) is 19.2 Å². The van der Waals surface area contributed by atoms with Crippen molar-refractivity contribution in [2.24, 2.45) is 10.8 Å². The molecule has 0 bridgehead atoms. The van der Waals surface area contributed by atoms with Crippen LogP contribution in [0.2, 0.25) is 0 Å². The zero-order chi connectivity index (χ0) is 19.6. The molecule has 0 aliphatic heterocycles. The second-order valence-corrected chi connectivity index (χ2v) is 9.25. The summed E-state index contributed by atoms with van der Waals surface area (Å²) in [5.41, 5.74) is -3.21. The van der Waals surface area contributed by atoms with Crippen LogP contribution in [0.3, 0.4) is 0 Å². The number of hydrogen-bond donors (Lipinski definition) is 0. The third kappa shape index (κ3) is 2.81. The van der Waals surface area contributed by atoms with Crippen molar-refractivity contribution < 1.29 is 19.2 Å². The highest BCUT2D eigenvalue weighted by Gasteiger charge is 2.49. The standard InChI is InChI=1S/C20H22O6/c1-19(2)5-9(21)13(10(22)6-19)15-16(18(26)17(15)25)14-11(23)7-20(3,4)8-12(14)24/h13-14H,5-8H2,1-4H3. The van der Waals surface area contributed by atoms with E-state index in [0.717, 1.165) is 0 Å². The number of ketones is 4. The minimum atomic E-state index is -1.31. The molecule has 26 heavy (non-hydrogen) atoms. The summed E-state index contributed by atoms with van der Waals surface area (Å²) in [6.45, 7) is 7.16. The first-order chi connectivity index (χ1) is 11.8. The Balaban J connectivity index is 2.05. The average Bonchev–Trinajstić information content (AvgIpc) is 2.45. The summed E-state index contributed by atoms with van der Waals surface area (Å²) >= 11 is 0. The van der Waals surface area contributed by atoms with Crippen molar-refractivity contribution in [3.05, 3.63) is 31.6 Å². The fraction of sp³-hybridized carbons (Fsp3) is 0.600. The highest BCUT2D eigenvalue weighted by atomic mass is 16.2. The molecule has 0 spiro atoms. The molecule has 0 heterocycles. The minimum Gasteiger partial charge on any atom is -0.298 e. The smallest absolute Gasteiger partial charge is 0.230 e. The number of Topliss-reactive ketones (excluding diaryl/α,β-unsaturated/α-hetero) is 4. The van der Waals surface area contributed by atoms with Crippen LogP contribution in [0.5, 0.6) is 0 Å².